The van der Waals surface area contributed by atoms with Crippen molar-refractivity contribution in [1.82, 2.24) is 0 Å². The maximum Gasteiger partial charge on any atom is 0.124 e. The summed E-state index contributed by atoms with van der Waals surface area (Å²) in [5.41, 5.74) is 6.74. The van der Waals surface area contributed by atoms with E-state index in [-0.39, 0.29) is 16.3 Å². The smallest absolute Gasteiger partial charge is 0.124 e. The van der Waals surface area contributed by atoms with Crippen LogP contribution in [0.3, 0.4) is 0 Å². The summed E-state index contributed by atoms with van der Waals surface area (Å²) in [5.74, 6) is -0.342. The second-order valence-electron chi connectivity index (χ2n) is 4.54. The van der Waals surface area contributed by atoms with Crippen molar-refractivity contribution in [2.75, 3.05) is 18.5 Å². The third-order valence-electron chi connectivity index (χ3n) is 2.90. The van der Waals surface area contributed by atoms with Gasteiger partial charge in [-0.05, 0) is 31.5 Å². The Labute approximate surface area is 105 Å². The number of thiocarbonyl (C=S) groups is 1. The van der Waals surface area contributed by atoms with Gasteiger partial charge in [-0.3, -0.25) is 0 Å². The minimum absolute atomic E-state index is 0.142. The summed E-state index contributed by atoms with van der Waals surface area (Å²) in [6, 6.07) is 4.40. The molecule has 2 rings (SSSR count). The van der Waals surface area contributed by atoms with Crippen LogP contribution in [-0.2, 0) is 4.74 Å². The van der Waals surface area contributed by atoms with Gasteiger partial charge in [-0.15, -0.1) is 0 Å². The van der Waals surface area contributed by atoms with Crippen molar-refractivity contribution in [1.29, 1.82) is 0 Å². The minimum atomic E-state index is -0.342. The lowest BCUT2D eigenvalue weighted by Crippen LogP contribution is -2.35. The molecule has 0 amide bonds. The van der Waals surface area contributed by atoms with E-state index in [1.165, 1.54) is 12.1 Å². The molecule has 0 saturated carbocycles. The Bertz CT molecular complexity index is 444. The Kier molecular flexibility index (Phi) is 3.31. The van der Waals surface area contributed by atoms with Crippen LogP contribution in [0.2, 0.25) is 0 Å². The van der Waals surface area contributed by atoms with E-state index in [1.807, 2.05) is 0 Å². The number of benzene rings is 1. The van der Waals surface area contributed by atoms with Crippen LogP contribution in [0.4, 0.5) is 10.1 Å². The van der Waals surface area contributed by atoms with Crippen molar-refractivity contribution >= 4 is 22.9 Å². The molecular formula is C12H15FN2OS. The van der Waals surface area contributed by atoms with Gasteiger partial charge in [0.05, 0.1) is 12.1 Å². The van der Waals surface area contributed by atoms with E-state index >= 15 is 0 Å². The Morgan fingerprint density at radius 3 is 2.94 bits per heavy atom. The van der Waals surface area contributed by atoms with E-state index in [4.69, 9.17) is 22.7 Å². The van der Waals surface area contributed by atoms with Crippen LogP contribution in [-0.4, -0.2) is 23.7 Å². The monoisotopic (exact) mass is 254 g/mol. The molecule has 0 aliphatic carbocycles. The predicted octanol–water partition coefficient (Wildman–Crippen LogP) is 2.05. The minimum Gasteiger partial charge on any atom is -0.389 e. The first-order chi connectivity index (χ1) is 8.00. The Hall–Kier alpha value is -1.20. The molecule has 1 unspecified atom stereocenters. The molecule has 0 radical (unpaired) electrons. The zero-order chi connectivity index (χ0) is 12.5. The maximum absolute atomic E-state index is 13.1. The van der Waals surface area contributed by atoms with Crippen LogP contribution in [0.15, 0.2) is 18.2 Å². The number of ether oxygens (including phenoxy) is 1. The first-order valence-corrected chi connectivity index (χ1v) is 5.86. The van der Waals surface area contributed by atoms with E-state index in [9.17, 15) is 4.39 Å². The van der Waals surface area contributed by atoms with Crippen molar-refractivity contribution in [2.24, 2.45) is 5.73 Å². The fourth-order valence-corrected chi connectivity index (χ4v) is 2.09. The molecule has 1 aliphatic heterocycles. The van der Waals surface area contributed by atoms with Gasteiger partial charge in [0.1, 0.15) is 10.8 Å². The predicted molar refractivity (Wildman–Crippen MR) is 69.8 cm³/mol. The molecule has 17 heavy (non-hydrogen) atoms. The molecule has 0 aromatic heterocycles. The third-order valence-corrected chi connectivity index (χ3v) is 3.12. The highest BCUT2D eigenvalue weighted by atomic mass is 32.1. The Morgan fingerprint density at radius 1 is 1.59 bits per heavy atom. The van der Waals surface area contributed by atoms with Crippen molar-refractivity contribution < 1.29 is 9.13 Å². The first-order valence-electron chi connectivity index (χ1n) is 5.45. The molecule has 1 aliphatic rings. The molecular weight excluding hydrogens is 239 g/mol. The largest absolute Gasteiger partial charge is 0.389 e. The molecule has 0 bridgehead atoms. The van der Waals surface area contributed by atoms with Crippen LogP contribution >= 0.6 is 12.2 Å². The highest BCUT2D eigenvalue weighted by molar-refractivity contribution is 7.80. The van der Waals surface area contributed by atoms with E-state index in [0.717, 1.165) is 18.7 Å². The zero-order valence-corrected chi connectivity index (χ0v) is 10.4. The van der Waals surface area contributed by atoms with Crippen LogP contribution in [0.25, 0.3) is 0 Å². The normalized spacial score (nSPS) is 23.6. The Morgan fingerprint density at radius 2 is 2.35 bits per heavy atom. The lowest BCUT2D eigenvalue weighted by Gasteiger charge is -2.26. The number of nitrogens with two attached hydrogens (primary N) is 1. The van der Waals surface area contributed by atoms with Gasteiger partial charge in [0.15, 0.2) is 0 Å². The molecule has 1 atom stereocenters. The molecule has 3 nitrogen and oxygen atoms in total. The number of hydrogen-bond acceptors (Lipinski definition) is 3. The summed E-state index contributed by atoms with van der Waals surface area (Å²) in [6.07, 6.45) is 0.904. The number of nitrogens with one attached hydrogen (secondary N) is 1. The SMILES string of the molecule is CC1(Nc2ccc(F)cc2C(N)=S)CCOC1. The second kappa shape index (κ2) is 4.58. The van der Waals surface area contributed by atoms with Crippen molar-refractivity contribution in [3.8, 4) is 0 Å². The van der Waals surface area contributed by atoms with Gasteiger partial charge in [0, 0.05) is 17.9 Å². The molecule has 1 heterocycles. The first kappa shape index (κ1) is 12.3. The average molecular weight is 254 g/mol. The van der Waals surface area contributed by atoms with E-state index in [2.05, 4.69) is 12.2 Å². The fourth-order valence-electron chi connectivity index (χ4n) is 1.92. The highest BCUT2D eigenvalue weighted by Gasteiger charge is 2.30. The summed E-state index contributed by atoms with van der Waals surface area (Å²) in [5, 5.41) is 3.34. The van der Waals surface area contributed by atoms with Gasteiger partial charge in [0.25, 0.3) is 0 Å². The van der Waals surface area contributed by atoms with Gasteiger partial charge >= 0.3 is 0 Å². The highest BCUT2D eigenvalue weighted by Crippen LogP contribution is 2.26. The van der Waals surface area contributed by atoms with E-state index in [1.54, 1.807) is 6.07 Å². The van der Waals surface area contributed by atoms with Crippen LogP contribution in [0.5, 0.6) is 0 Å². The second-order valence-corrected chi connectivity index (χ2v) is 4.98. The molecule has 92 valence electrons. The standard InChI is InChI=1S/C12H15FN2OS/c1-12(4-5-16-7-12)15-10-3-2-8(13)6-9(10)11(14)17/h2-3,6,15H,4-5,7H2,1H3,(H2,14,17). The van der Waals surface area contributed by atoms with Crippen LogP contribution in [0, 0.1) is 5.82 Å². The van der Waals surface area contributed by atoms with Gasteiger partial charge in [-0.1, -0.05) is 12.2 Å². The summed E-state index contributed by atoms with van der Waals surface area (Å²) >= 11 is 4.93. The van der Waals surface area contributed by atoms with Crippen LogP contribution < -0.4 is 11.1 Å². The fraction of sp³-hybridized carbons (Fsp3) is 0.417. The number of hydrogen-bond donors (Lipinski definition) is 2. The maximum atomic E-state index is 13.1. The quantitative estimate of drug-likeness (QED) is 0.810. The van der Waals surface area contributed by atoms with Gasteiger partial charge in [0.2, 0.25) is 0 Å². The lowest BCUT2D eigenvalue weighted by atomic mass is 10.0. The molecule has 0 spiro atoms. The Balaban J connectivity index is 2.28. The van der Waals surface area contributed by atoms with E-state index in [0.29, 0.717) is 12.2 Å². The summed E-state index contributed by atoms with van der Waals surface area (Å²) in [4.78, 5) is 0.189. The summed E-state index contributed by atoms with van der Waals surface area (Å²) in [6.45, 7) is 3.42. The van der Waals surface area contributed by atoms with Gasteiger partial charge in [-0.25, -0.2) is 4.39 Å². The number of anilines is 1. The van der Waals surface area contributed by atoms with E-state index < -0.39 is 0 Å². The summed E-state index contributed by atoms with van der Waals surface area (Å²) in [7, 11) is 0. The molecule has 3 N–H and O–H groups in total. The molecule has 1 aromatic rings. The molecule has 1 saturated heterocycles. The van der Waals surface area contributed by atoms with Crippen molar-refractivity contribution in [3.63, 3.8) is 0 Å². The van der Waals surface area contributed by atoms with Crippen molar-refractivity contribution in [2.45, 2.75) is 18.9 Å². The molecule has 1 aromatic carbocycles. The average Bonchev–Trinajstić information content (AvgIpc) is 2.67. The molecule has 1 fully saturated rings. The number of halogens is 1. The van der Waals surface area contributed by atoms with Crippen LogP contribution in [0.1, 0.15) is 18.9 Å². The zero-order valence-electron chi connectivity index (χ0n) is 9.63. The lowest BCUT2D eigenvalue weighted by molar-refractivity contribution is 0.185. The molecule has 5 heteroatoms. The van der Waals surface area contributed by atoms with Gasteiger partial charge in [-0.2, -0.15) is 0 Å². The summed E-state index contributed by atoms with van der Waals surface area (Å²) < 4.78 is 18.5. The topological polar surface area (TPSA) is 47.3 Å². The third kappa shape index (κ3) is 2.73. The number of rotatable bonds is 3. The van der Waals surface area contributed by atoms with Gasteiger partial charge < -0.3 is 15.8 Å². The van der Waals surface area contributed by atoms with Crippen molar-refractivity contribution in [3.05, 3.63) is 29.6 Å².